The lowest BCUT2D eigenvalue weighted by Gasteiger charge is -2.67. The normalized spacial score (nSPS) is 26.5. The molecule has 6 aliphatic rings. The van der Waals surface area contributed by atoms with E-state index >= 15 is 9.59 Å². The Morgan fingerprint density at radius 2 is 1.30 bits per heavy atom. The van der Waals surface area contributed by atoms with Crippen LogP contribution in [0.2, 0.25) is 0 Å². The van der Waals surface area contributed by atoms with Crippen molar-refractivity contribution in [2.45, 2.75) is 204 Å². The van der Waals surface area contributed by atoms with Gasteiger partial charge >= 0.3 is 29.8 Å². The summed E-state index contributed by atoms with van der Waals surface area (Å²) in [6.07, 6.45) is 4.02. The number of nitrogens with zero attached hydrogens (tertiary/aromatic N) is 1. The number of Topliss-reactive ketones (excluding diaryl/α,β-unsaturated/α-hetero) is 1. The van der Waals surface area contributed by atoms with Crippen molar-refractivity contribution in [3.05, 3.63) is 239 Å². The largest absolute Gasteiger partial charge is 0.455 e. The van der Waals surface area contributed by atoms with E-state index in [9.17, 15) is 39.0 Å². The van der Waals surface area contributed by atoms with Gasteiger partial charge in [0.15, 0.2) is 17.5 Å². The molecule has 1 saturated heterocycles. The van der Waals surface area contributed by atoms with Crippen LogP contribution >= 0.6 is 0 Å². The number of fused-ring (bicyclic) bond motifs is 11. The molecule has 13 rings (SSSR count). The number of hydrogen-bond donors (Lipinski definition) is 5. The number of nitrogens with one attached hydrogen (secondary N) is 3. The average molecular weight is 1530 g/mol. The maximum atomic E-state index is 16.0. The summed E-state index contributed by atoms with van der Waals surface area (Å²) in [7, 11) is 2.27. The minimum atomic E-state index is -2.49. The van der Waals surface area contributed by atoms with E-state index in [2.05, 4.69) is 153 Å². The highest BCUT2D eigenvalue weighted by Gasteiger charge is 2.78. The lowest BCUT2D eigenvalue weighted by Crippen LogP contribution is -3.07. The predicted octanol–water partition coefficient (Wildman–Crippen LogP) is 13.1. The van der Waals surface area contributed by atoms with Crippen LogP contribution in [0.1, 0.15) is 177 Å². The van der Waals surface area contributed by atoms with Crippen molar-refractivity contribution < 1.29 is 81.9 Å². The number of esters is 5. The Morgan fingerprint density at radius 1 is 0.681 bits per heavy atom. The van der Waals surface area contributed by atoms with Gasteiger partial charge in [0.05, 0.1) is 42.1 Å². The molecule has 0 aromatic heterocycles. The van der Waals surface area contributed by atoms with Gasteiger partial charge in [-0.2, -0.15) is 0 Å². The fourth-order valence-corrected chi connectivity index (χ4v) is 19.3. The van der Waals surface area contributed by atoms with Crippen LogP contribution in [0.5, 0.6) is 0 Å². The van der Waals surface area contributed by atoms with Crippen LogP contribution in [0.25, 0.3) is 21.5 Å². The number of rotatable bonds is 26. The summed E-state index contributed by atoms with van der Waals surface area (Å²) in [5, 5.41) is 37.6. The Kier molecular flexibility index (Phi) is 23.3. The van der Waals surface area contributed by atoms with Crippen molar-refractivity contribution in [3.8, 4) is 0 Å². The maximum absolute atomic E-state index is 16.0. The smallest absolute Gasteiger partial charge is 0.350 e. The van der Waals surface area contributed by atoms with Crippen molar-refractivity contribution in [2.75, 3.05) is 31.6 Å². The Balaban J connectivity index is 0.684. The molecule has 7 aromatic carbocycles. The lowest BCUT2D eigenvalue weighted by atomic mass is 9.44. The number of aliphatic hydroxyl groups is 2. The highest BCUT2D eigenvalue weighted by atomic mass is 16.6. The summed E-state index contributed by atoms with van der Waals surface area (Å²) >= 11 is 0. The van der Waals surface area contributed by atoms with Crippen LogP contribution < -0.4 is 20.4 Å². The number of aliphatic hydroxyl groups excluding tert-OH is 1. The molecule has 13 atom stereocenters. The van der Waals surface area contributed by atoms with Gasteiger partial charge in [-0.15, -0.1) is 0 Å². The van der Waals surface area contributed by atoms with Crippen LogP contribution in [0.4, 0.5) is 11.4 Å². The summed E-state index contributed by atoms with van der Waals surface area (Å²) in [6, 6.07) is 49.5. The highest BCUT2D eigenvalue weighted by Crippen LogP contribution is 2.65. The number of allylic oxidation sites excluding steroid dienone is 5. The molecule has 2 bridgehead atoms. The molecular formula is C93H105N4O16+. The summed E-state index contributed by atoms with van der Waals surface area (Å²) in [6.45, 7) is 18.4. The molecule has 2 amide bonds. The first-order chi connectivity index (χ1) is 53.9. The fraction of sp³-hybridized carbons (Fsp3) is 0.419. The Morgan fingerprint density at radius 3 is 1.96 bits per heavy atom. The van der Waals surface area contributed by atoms with Crippen LogP contribution in [0.3, 0.4) is 0 Å². The molecule has 3 aliphatic carbocycles. The van der Waals surface area contributed by atoms with Gasteiger partial charge in [0, 0.05) is 86.0 Å². The van der Waals surface area contributed by atoms with Crippen LogP contribution in [-0.4, -0.2) is 138 Å². The zero-order chi connectivity index (χ0) is 80.5. The number of unbranched alkanes of at least 4 members (excludes halogenated alkanes) is 4. The van der Waals surface area contributed by atoms with E-state index < -0.39 is 119 Å². The van der Waals surface area contributed by atoms with Crippen LogP contribution in [0, 0.1) is 16.7 Å². The molecule has 3 fully saturated rings. The van der Waals surface area contributed by atoms with E-state index in [1.54, 1.807) is 92.7 Å². The number of carbonyl (C=O) groups is 8. The second-order valence-electron chi connectivity index (χ2n) is 33.2. The zero-order valence-corrected chi connectivity index (χ0v) is 66.4. The van der Waals surface area contributed by atoms with Gasteiger partial charge in [-0.05, 0) is 152 Å². The van der Waals surface area contributed by atoms with Crippen molar-refractivity contribution in [2.24, 2.45) is 16.7 Å². The molecule has 7 aromatic rings. The first kappa shape index (κ1) is 80.7. The number of ether oxygens (including phenoxy) is 6. The first-order valence-corrected chi connectivity index (χ1v) is 39.6. The molecule has 5 N–H and O–H groups in total. The summed E-state index contributed by atoms with van der Waals surface area (Å²) in [4.78, 5) is 119. The van der Waals surface area contributed by atoms with Gasteiger partial charge in [0.25, 0.3) is 5.91 Å². The minimum Gasteiger partial charge on any atom is -0.455 e. The molecule has 20 heteroatoms. The molecule has 0 radical (unpaired) electrons. The molecule has 3 heterocycles. The Labute approximate surface area is 660 Å². The molecule has 2 saturated carbocycles. The number of likely N-dealkylation sites (N-methyl/N-ethyl adjacent to an activating group) is 1. The molecule has 113 heavy (non-hydrogen) atoms. The SMILES string of the molecule is CC(=O)O[C@H]1C(=O)[C@@]2(C)[C@H]([C@H](OC(=O)c3ccccc3)[C@]3(O)C[C@H](OC(=O)[C@H](OC(=O)CCCCCNC(=O)CCCCCN4/C(=C/C=C/C=C/C5[NH+](C)c6ccc7ccccc7c6C5(C)C)C(C)(C)c5c4ccc4ccccc54)[C@@H](NC(=O)c4ccccc4)c4ccccc4)C(C)=C1C3(C)C)[C@]1(OC(C)=O)CO[C@@H]1C[C@@H]2O. The van der Waals surface area contributed by atoms with E-state index in [0.29, 0.717) is 37.8 Å². The number of hydrogen-bond acceptors (Lipinski definition) is 17. The summed E-state index contributed by atoms with van der Waals surface area (Å²) in [5.74, 6) is -7.95. The number of benzene rings is 7. The van der Waals surface area contributed by atoms with E-state index in [4.69, 9.17) is 28.4 Å². The van der Waals surface area contributed by atoms with E-state index in [-0.39, 0.29) is 70.9 Å². The number of quaternary nitrogens is 1. The summed E-state index contributed by atoms with van der Waals surface area (Å²) < 4.78 is 37.6. The minimum absolute atomic E-state index is 0.0408. The first-order valence-electron chi connectivity index (χ1n) is 39.6. The quantitative estimate of drug-likeness (QED) is 0.0111. The number of anilines is 1. The summed E-state index contributed by atoms with van der Waals surface area (Å²) in [5.41, 5.74) is -1.43. The Hall–Kier alpha value is -10.4. The number of ketones is 1. The van der Waals surface area contributed by atoms with E-state index in [1.165, 1.54) is 80.6 Å². The highest BCUT2D eigenvalue weighted by molar-refractivity contribution is 5.98. The molecule has 2 unspecified atom stereocenters. The maximum Gasteiger partial charge on any atom is 0.350 e. The monoisotopic (exact) mass is 1530 g/mol. The van der Waals surface area contributed by atoms with Crippen molar-refractivity contribution in [1.82, 2.24) is 10.6 Å². The molecule has 592 valence electrons. The second kappa shape index (κ2) is 32.6. The van der Waals surface area contributed by atoms with Gasteiger partial charge in [-0.1, -0.05) is 180 Å². The Bertz CT molecular complexity index is 4930. The topological polar surface area (TPSA) is 264 Å². The van der Waals surface area contributed by atoms with Crippen molar-refractivity contribution >= 4 is 80.4 Å². The van der Waals surface area contributed by atoms with Crippen LogP contribution in [-0.2, 0) is 68.0 Å². The average Bonchev–Trinajstić information content (AvgIpc) is 1.51. The second-order valence-corrected chi connectivity index (χ2v) is 33.2. The molecular weight excluding hydrogens is 1430 g/mol. The number of amides is 2. The predicted molar refractivity (Wildman–Crippen MR) is 430 cm³/mol. The third kappa shape index (κ3) is 15.2. The van der Waals surface area contributed by atoms with Gasteiger partial charge in [-0.3, -0.25) is 33.7 Å². The molecule has 0 spiro atoms. The molecule has 20 nitrogen and oxygen atoms in total. The van der Waals surface area contributed by atoms with Gasteiger partial charge in [0.1, 0.15) is 41.7 Å². The van der Waals surface area contributed by atoms with E-state index in [1.807, 2.05) is 0 Å². The zero-order valence-electron chi connectivity index (χ0n) is 66.4. The fourth-order valence-electron chi connectivity index (χ4n) is 19.3. The third-order valence-electron chi connectivity index (χ3n) is 25.2. The third-order valence-corrected chi connectivity index (χ3v) is 25.2. The van der Waals surface area contributed by atoms with Crippen LogP contribution in [0.15, 0.2) is 211 Å². The number of carbonyl (C=O) groups excluding carboxylic acids is 8. The molecule has 3 aliphatic heterocycles. The lowest BCUT2D eigenvalue weighted by molar-refractivity contribution is -0.828. The van der Waals surface area contributed by atoms with Gasteiger partial charge < -0.3 is 54.2 Å². The standard InChI is InChI=1S/C93H104N4O16/c1-57-69(55-93(107)84(112-86(105)64-40-22-14-23-41-64)82-91(10,72(100)54-73-92(82,56-108-73)113-59(3)99)83(103)80(109-58(2)98)76(57)90(93,8)9)110-87(106)81(79(62-36-18-12-19-37-62)95-85(104)63-38-20-13-21-39-63)111-75(102)47-27-16-32-52-94-74(101)46-26-17-33-53-97-68-51-49-61-35-29-31-43-66(61)78(68)89(6,7)71(97)45-25-15-24-44-70-88(4,5)77-65-42-30-28-34-60(65)48-50-67(77)96(70)11/h12-15,18-25,28-31,34-45,48-51,69-70,72-73,79-82,84,100,107H,16-17,26-27,32-33,46-47,52-56H2,1-11H3,(H,94,101)(H,95,104)/p+1/b25-15+,44-24+,71-45+/t69-,70?,72-,73+,79-,80+,81+,82-,84-,91+,92-,93+/m0/s1. The van der Waals surface area contributed by atoms with Gasteiger partial charge in [-0.25, -0.2) is 9.59 Å². The van der Waals surface area contributed by atoms with Gasteiger partial charge in [0.2, 0.25) is 12.0 Å². The van der Waals surface area contributed by atoms with Crippen molar-refractivity contribution in [1.29, 1.82) is 0 Å². The van der Waals surface area contributed by atoms with Crippen molar-refractivity contribution in [3.63, 3.8) is 0 Å². The van der Waals surface area contributed by atoms with E-state index in [0.717, 1.165) is 33.2 Å².